The van der Waals surface area contributed by atoms with Gasteiger partial charge in [-0.3, -0.25) is 14.5 Å². The van der Waals surface area contributed by atoms with Gasteiger partial charge >= 0.3 is 0 Å². The van der Waals surface area contributed by atoms with Crippen molar-refractivity contribution in [1.29, 1.82) is 0 Å². The van der Waals surface area contributed by atoms with Crippen LogP contribution in [0.25, 0.3) is 0 Å². The number of likely N-dealkylation sites (N-methyl/N-ethyl adjacent to an activating group) is 1. The summed E-state index contributed by atoms with van der Waals surface area (Å²) < 4.78 is 0. The van der Waals surface area contributed by atoms with Crippen LogP contribution in [-0.2, 0) is 9.59 Å². The van der Waals surface area contributed by atoms with E-state index in [4.69, 9.17) is 0 Å². The first-order valence-electron chi connectivity index (χ1n) is 6.86. The number of nitrogens with zero attached hydrogens (tertiary/aromatic N) is 1. The molecule has 0 aromatic carbocycles. The Morgan fingerprint density at radius 1 is 1.17 bits per heavy atom. The Labute approximate surface area is 111 Å². The lowest BCUT2D eigenvalue weighted by Gasteiger charge is -2.35. The van der Waals surface area contributed by atoms with Crippen molar-refractivity contribution in [2.45, 2.75) is 59.9 Å². The number of likely N-dealkylation sites (tertiary alicyclic amines) is 1. The van der Waals surface area contributed by atoms with E-state index in [2.05, 4.69) is 26.1 Å². The molecule has 4 nitrogen and oxygen atoms in total. The van der Waals surface area contributed by atoms with Gasteiger partial charge in [0.1, 0.15) is 0 Å². The molecular weight excluding hydrogens is 228 g/mol. The van der Waals surface area contributed by atoms with Crippen LogP contribution in [0.15, 0.2) is 0 Å². The molecule has 18 heavy (non-hydrogen) atoms. The topological polar surface area (TPSA) is 49.4 Å². The van der Waals surface area contributed by atoms with Gasteiger partial charge in [-0.2, -0.15) is 0 Å². The average Bonchev–Trinajstić information content (AvgIpc) is 2.29. The molecule has 1 aliphatic rings. The van der Waals surface area contributed by atoms with E-state index in [1.165, 1.54) is 4.90 Å². The molecule has 0 radical (unpaired) electrons. The van der Waals surface area contributed by atoms with Gasteiger partial charge in [0.05, 0.1) is 0 Å². The molecule has 1 unspecified atom stereocenters. The van der Waals surface area contributed by atoms with Crippen molar-refractivity contribution < 1.29 is 9.59 Å². The second kappa shape index (κ2) is 7.52. The zero-order valence-electron chi connectivity index (χ0n) is 12.7. The van der Waals surface area contributed by atoms with E-state index in [9.17, 15) is 9.59 Å². The number of amides is 2. The maximum absolute atomic E-state index is 11.7. The number of carbonyl (C=O) groups excluding carboxylic acids is 2. The molecule has 0 aromatic rings. The standard InChI is InChI=1S/C12H22N2O2.C2H6/c1-12(2,3)9(13-4)8-14-10(15)6-5-7-11(14)16;1-2/h9,13H,5-8H2,1-4H3;1-2H3. The van der Waals surface area contributed by atoms with Crippen molar-refractivity contribution in [3.05, 3.63) is 0 Å². The minimum Gasteiger partial charge on any atom is -0.315 e. The summed E-state index contributed by atoms with van der Waals surface area (Å²) in [5.41, 5.74) is 0.0345. The van der Waals surface area contributed by atoms with E-state index in [1.807, 2.05) is 20.9 Å². The van der Waals surface area contributed by atoms with Gasteiger partial charge in [-0.25, -0.2) is 0 Å². The van der Waals surface area contributed by atoms with E-state index >= 15 is 0 Å². The Balaban J connectivity index is 0.00000137. The van der Waals surface area contributed by atoms with Crippen LogP contribution < -0.4 is 5.32 Å². The molecule has 1 aliphatic heterocycles. The molecule has 0 saturated carbocycles. The zero-order valence-corrected chi connectivity index (χ0v) is 12.7. The van der Waals surface area contributed by atoms with Crippen molar-refractivity contribution >= 4 is 11.8 Å². The van der Waals surface area contributed by atoms with Crippen LogP contribution in [0.2, 0.25) is 0 Å². The van der Waals surface area contributed by atoms with Crippen molar-refractivity contribution in [3.63, 3.8) is 0 Å². The van der Waals surface area contributed by atoms with Crippen LogP contribution in [0.5, 0.6) is 0 Å². The van der Waals surface area contributed by atoms with Gasteiger partial charge < -0.3 is 5.32 Å². The van der Waals surface area contributed by atoms with Gasteiger partial charge in [0.15, 0.2) is 0 Å². The fraction of sp³-hybridized carbons (Fsp3) is 0.857. The number of hydrogen-bond donors (Lipinski definition) is 1. The summed E-state index contributed by atoms with van der Waals surface area (Å²) in [5.74, 6) is -0.0542. The molecule has 106 valence electrons. The molecule has 4 heteroatoms. The molecule has 1 atom stereocenters. The minimum absolute atomic E-state index is 0.0271. The normalized spacial score (nSPS) is 18.2. The maximum Gasteiger partial charge on any atom is 0.229 e. The second-order valence-electron chi connectivity index (χ2n) is 5.46. The summed E-state index contributed by atoms with van der Waals surface area (Å²) in [5, 5.41) is 3.18. The molecule has 0 bridgehead atoms. The number of nitrogens with one attached hydrogen (secondary N) is 1. The third-order valence-corrected chi connectivity index (χ3v) is 3.14. The number of hydrogen-bond acceptors (Lipinski definition) is 3. The summed E-state index contributed by atoms with van der Waals surface area (Å²) in [7, 11) is 1.87. The van der Waals surface area contributed by atoms with Crippen molar-refractivity contribution in [1.82, 2.24) is 10.2 Å². The van der Waals surface area contributed by atoms with Gasteiger partial charge in [-0.15, -0.1) is 0 Å². The molecule has 1 rings (SSSR count). The predicted octanol–water partition coefficient (Wildman–Crippen LogP) is 2.19. The van der Waals surface area contributed by atoms with Crippen LogP contribution >= 0.6 is 0 Å². The van der Waals surface area contributed by atoms with E-state index in [-0.39, 0.29) is 23.3 Å². The molecule has 1 heterocycles. The van der Waals surface area contributed by atoms with Crippen LogP contribution in [0, 0.1) is 5.41 Å². The molecule has 0 aromatic heterocycles. The summed E-state index contributed by atoms with van der Waals surface area (Å²) in [6.45, 7) is 10.8. The molecule has 0 spiro atoms. The Morgan fingerprint density at radius 2 is 1.61 bits per heavy atom. The highest BCUT2D eigenvalue weighted by Gasteiger charge is 2.32. The van der Waals surface area contributed by atoms with E-state index in [0.29, 0.717) is 25.8 Å². The van der Waals surface area contributed by atoms with Gasteiger partial charge in [0.25, 0.3) is 0 Å². The minimum atomic E-state index is -0.0271. The van der Waals surface area contributed by atoms with Gasteiger partial charge in [0.2, 0.25) is 11.8 Å². The Hall–Kier alpha value is -0.900. The Kier molecular flexibility index (Phi) is 7.14. The first-order valence-corrected chi connectivity index (χ1v) is 6.86. The van der Waals surface area contributed by atoms with Gasteiger partial charge in [-0.1, -0.05) is 34.6 Å². The number of rotatable bonds is 3. The lowest BCUT2D eigenvalue weighted by Crippen LogP contribution is -2.51. The van der Waals surface area contributed by atoms with E-state index in [0.717, 1.165) is 0 Å². The zero-order chi connectivity index (χ0) is 14.3. The van der Waals surface area contributed by atoms with Crippen LogP contribution in [-0.4, -0.2) is 36.3 Å². The maximum atomic E-state index is 11.7. The quantitative estimate of drug-likeness (QED) is 0.787. The first kappa shape index (κ1) is 17.1. The Morgan fingerprint density at radius 3 is 1.94 bits per heavy atom. The molecule has 2 amide bonds. The molecule has 1 N–H and O–H groups in total. The van der Waals surface area contributed by atoms with E-state index in [1.54, 1.807) is 0 Å². The second-order valence-corrected chi connectivity index (χ2v) is 5.46. The van der Waals surface area contributed by atoms with Crippen LogP contribution in [0.3, 0.4) is 0 Å². The highest BCUT2D eigenvalue weighted by molar-refractivity contribution is 5.97. The predicted molar refractivity (Wildman–Crippen MR) is 74.2 cm³/mol. The summed E-state index contributed by atoms with van der Waals surface area (Å²) in [6.07, 6.45) is 1.71. The van der Waals surface area contributed by atoms with E-state index < -0.39 is 0 Å². The smallest absolute Gasteiger partial charge is 0.229 e. The fourth-order valence-electron chi connectivity index (χ4n) is 1.98. The lowest BCUT2D eigenvalue weighted by molar-refractivity contribution is -0.148. The lowest BCUT2D eigenvalue weighted by atomic mass is 9.86. The van der Waals surface area contributed by atoms with Crippen LogP contribution in [0.4, 0.5) is 0 Å². The Bertz CT molecular complexity index is 266. The van der Waals surface area contributed by atoms with Gasteiger partial charge in [0, 0.05) is 25.4 Å². The van der Waals surface area contributed by atoms with Crippen molar-refractivity contribution in [3.8, 4) is 0 Å². The highest BCUT2D eigenvalue weighted by Crippen LogP contribution is 2.22. The highest BCUT2D eigenvalue weighted by atomic mass is 16.2. The number of imide groups is 1. The first-order chi connectivity index (χ1) is 8.36. The SMILES string of the molecule is CC.CNC(CN1C(=O)CCCC1=O)C(C)(C)C. The molecular formula is C14H28N2O2. The number of carbonyl (C=O) groups is 2. The van der Waals surface area contributed by atoms with Crippen molar-refractivity contribution in [2.75, 3.05) is 13.6 Å². The van der Waals surface area contributed by atoms with Crippen LogP contribution in [0.1, 0.15) is 53.9 Å². The van der Waals surface area contributed by atoms with Crippen molar-refractivity contribution in [2.24, 2.45) is 5.41 Å². The third-order valence-electron chi connectivity index (χ3n) is 3.14. The number of piperidine rings is 1. The van der Waals surface area contributed by atoms with Gasteiger partial charge in [-0.05, 0) is 18.9 Å². The summed E-state index contributed by atoms with van der Waals surface area (Å²) in [6, 6.07) is 0.137. The summed E-state index contributed by atoms with van der Waals surface area (Å²) >= 11 is 0. The summed E-state index contributed by atoms with van der Waals surface area (Å²) in [4.78, 5) is 24.7. The monoisotopic (exact) mass is 256 g/mol. The molecule has 1 saturated heterocycles. The third kappa shape index (κ3) is 4.77. The molecule has 0 aliphatic carbocycles. The largest absolute Gasteiger partial charge is 0.315 e. The molecule has 1 fully saturated rings. The fourth-order valence-corrected chi connectivity index (χ4v) is 1.98. The average molecular weight is 256 g/mol.